The van der Waals surface area contributed by atoms with E-state index in [1.807, 2.05) is 50.7 Å². The van der Waals surface area contributed by atoms with Gasteiger partial charge in [-0.3, -0.25) is 9.48 Å². The van der Waals surface area contributed by atoms with Crippen molar-refractivity contribution in [3.05, 3.63) is 40.7 Å². The largest absolute Gasteiger partial charge is 0.490 e. The van der Waals surface area contributed by atoms with Crippen LogP contribution in [0.1, 0.15) is 43.3 Å². The van der Waals surface area contributed by atoms with Crippen LogP contribution in [-0.4, -0.2) is 40.8 Å². The van der Waals surface area contributed by atoms with Gasteiger partial charge in [0.1, 0.15) is 0 Å². The lowest BCUT2D eigenvalue weighted by Gasteiger charge is -2.18. The first kappa shape index (κ1) is 20.8. The summed E-state index contributed by atoms with van der Waals surface area (Å²) in [7, 11) is 1.84. The quantitative estimate of drug-likeness (QED) is 0.675. The monoisotopic (exact) mass is 373 g/mol. The second kappa shape index (κ2) is 9.44. The van der Waals surface area contributed by atoms with E-state index in [0.717, 1.165) is 29.1 Å². The molecular formula is C21H31N3O3. The van der Waals surface area contributed by atoms with Crippen LogP contribution >= 0.6 is 0 Å². The molecule has 0 spiro atoms. The van der Waals surface area contributed by atoms with E-state index in [1.54, 1.807) is 4.90 Å². The van der Waals surface area contributed by atoms with Gasteiger partial charge in [-0.2, -0.15) is 5.10 Å². The molecule has 1 heterocycles. The summed E-state index contributed by atoms with van der Waals surface area (Å²) < 4.78 is 13.2. The van der Waals surface area contributed by atoms with Crippen LogP contribution in [0.3, 0.4) is 0 Å². The van der Waals surface area contributed by atoms with Gasteiger partial charge in [-0.1, -0.05) is 6.07 Å². The van der Waals surface area contributed by atoms with Crippen LogP contribution in [0.4, 0.5) is 0 Å². The Morgan fingerprint density at radius 2 is 1.78 bits per heavy atom. The number of nitrogens with zero attached hydrogens (tertiary/aromatic N) is 3. The Labute approximate surface area is 162 Å². The molecule has 1 amide bonds. The van der Waals surface area contributed by atoms with Crippen molar-refractivity contribution in [2.24, 2.45) is 0 Å². The maximum Gasteiger partial charge on any atom is 0.227 e. The molecule has 148 valence electrons. The number of rotatable bonds is 9. The second-order valence-electron chi connectivity index (χ2n) is 6.54. The molecule has 0 N–H and O–H groups in total. The number of hydrogen-bond acceptors (Lipinski definition) is 4. The first-order chi connectivity index (χ1) is 12.9. The molecule has 0 radical (unpaired) electrons. The number of hydrogen-bond donors (Lipinski definition) is 0. The Morgan fingerprint density at radius 1 is 1.11 bits per heavy atom. The fourth-order valence-corrected chi connectivity index (χ4v) is 3.11. The van der Waals surface area contributed by atoms with Crippen molar-refractivity contribution in [1.82, 2.24) is 14.7 Å². The van der Waals surface area contributed by atoms with Gasteiger partial charge in [0.2, 0.25) is 5.91 Å². The van der Waals surface area contributed by atoms with E-state index in [-0.39, 0.29) is 5.91 Å². The molecule has 1 aromatic heterocycles. The minimum absolute atomic E-state index is 0.0599. The van der Waals surface area contributed by atoms with Crippen molar-refractivity contribution >= 4 is 5.91 Å². The van der Waals surface area contributed by atoms with E-state index in [9.17, 15) is 4.79 Å². The second-order valence-corrected chi connectivity index (χ2v) is 6.54. The smallest absolute Gasteiger partial charge is 0.227 e. The van der Waals surface area contributed by atoms with E-state index < -0.39 is 0 Å². The summed E-state index contributed by atoms with van der Waals surface area (Å²) in [6.45, 7) is 12.5. The Hall–Kier alpha value is -2.50. The molecule has 0 atom stereocenters. The first-order valence-electron chi connectivity index (χ1n) is 9.56. The number of benzene rings is 1. The summed E-state index contributed by atoms with van der Waals surface area (Å²) in [5.74, 6) is 1.45. The Kier molecular flexibility index (Phi) is 7.28. The zero-order valence-electron chi connectivity index (χ0n) is 17.3. The van der Waals surface area contributed by atoms with Crippen molar-refractivity contribution in [2.45, 2.75) is 54.1 Å². The van der Waals surface area contributed by atoms with Gasteiger partial charge < -0.3 is 14.4 Å². The number of ether oxygens (including phenoxy) is 2. The average molecular weight is 373 g/mol. The maximum absolute atomic E-state index is 12.7. The minimum atomic E-state index is 0.0599. The molecule has 1 aromatic carbocycles. The van der Waals surface area contributed by atoms with E-state index in [4.69, 9.17) is 9.47 Å². The van der Waals surface area contributed by atoms with Gasteiger partial charge >= 0.3 is 0 Å². The normalized spacial score (nSPS) is 10.7. The fraction of sp³-hybridized carbons (Fsp3) is 0.524. The lowest BCUT2D eigenvalue weighted by atomic mass is 10.1. The van der Waals surface area contributed by atoms with Crippen LogP contribution in [-0.2, 0) is 24.3 Å². The standard InChI is InChI=1S/C21H31N3O3/c1-7-24-16(5)18(15(4)22-24)14-23(6)21(25)13-17-10-11-19(26-8-2)20(12-17)27-9-3/h10-12H,7-9,13-14H2,1-6H3. The molecule has 2 aromatic rings. The van der Waals surface area contributed by atoms with Crippen LogP contribution in [0.15, 0.2) is 18.2 Å². The summed E-state index contributed by atoms with van der Waals surface area (Å²) in [5.41, 5.74) is 4.13. The molecule has 0 unspecified atom stereocenters. The van der Waals surface area contributed by atoms with Crippen LogP contribution < -0.4 is 9.47 Å². The van der Waals surface area contributed by atoms with E-state index in [0.29, 0.717) is 37.7 Å². The molecule has 0 aliphatic rings. The molecular weight excluding hydrogens is 342 g/mol. The summed E-state index contributed by atoms with van der Waals surface area (Å²) in [6, 6.07) is 5.69. The van der Waals surface area contributed by atoms with Crippen molar-refractivity contribution in [2.75, 3.05) is 20.3 Å². The molecule has 6 nitrogen and oxygen atoms in total. The number of amides is 1. The average Bonchev–Trinajstić information content (AvgIpc) is 2.91. The lowest BCUT2D eigenvalue weighted by molar-refractivity contribution is -0.129. The topological polar surface area (TPSA) is 56.6 Å². The third-order valence-electron chi connectivity index (χ3n) is 4.62. The van der Waals surface area contributed by atoms with Crippen molar-refractivity contribution < 1.29 is 14.3 Å². The molecule has 0 aliphatic carbocycles. The molecule has 0 bridgehead atoms. The number of aryl methyl sites for hydroxylation is 2. The predicted octanol–water partition coefficient (Wildman–Crippen LogP) is 3.52. The molecule has 0 saturated carbocycles. The third kappa shape index (κ3) is 5.02. The van der Waals surface area contributed by atoms with Crippen molar-refractivity contribution in [1.29, 1.82) is 0 Å². The molecule has 0 aliphatic heterocycles. The third-order valence-corrected chi connectivity index (χ3v) is 4.62. The number of likely N-dealkylation sites (N-methyl/N-ethyl adjacent to an activating group) is 1. The van der Waals surface area contributed by atoms with Gasteiger partial charge in [-0.15, -0.1) is 0 Å². The molecule has 27 heavy (non-hydrogen) atoms. The SMILES string of the molecule is CCOc1ccc(CC(=O)N(C)Cc2c(C)nn(CC)c2C)cc1OCC. The van der Waals surface area contributed by atoms with E-state index in [2.05, 4.69) is 18.9 Å². The minimum Gasteiger partial charge on any atom is -0.490 e. The number of carbonyl (C=O) groups is 1. The molecule has 0 fully saturated rings. The van der Waals surface area contributed by atoms with Crippen LogP contribution in [0, 0.1) is 13.8 Å². The summed E-state index contributed by atoms with van der Waals surface area (Å²) in [5, 5.41) is 4.53. The molecule has 0 saturated heterocycles. The summed E-state index contributed by atoms with van der Waals surface area (Å²) >= 11 is 0. The zero-order chi connectivity index (χ0) is 20.0. The highest BCUT2D eigenvalue weighted by Gasteiger charge is 2.17. The summed E-state index contributed by atoms with van der Waals surface area (Å²) in [6.07, 6.45) is 0.322. The first-order valence-corrected chi connectivity index (χ1v) is 9.56. The van der Waals surface area contributed by atoms with Crippen molar-refractivity contribution in [3.63, 3.8) is 0 Å². The number of aromatic nitrogens is 2. The Balaban J connectivity index is 2.10. The maximum atomic E-state index is 12.7. The van der Waals surface area contributed by atoms with Gasteiger partial charge in [-0.05, 0) is 52.3 Å². The fourth-order valence-electron chi connectivity index (χ4n) is 3.11. The lowest BCUT2D eigenvalue weighted by Crippen LogP contribution is -2.28. The van der Waals surface area contributed by atoms with Gasteiger partial charge in [0, 0.05) is 31.4 Å². The van der Waals surface area contributed by atoms with E-state index in [1.165, 1.54) is 0 Å². The van der Waals surface area contributed by atoms with E-state index >= 15 is 0 Å². The number of carbonyl (C=O) groups excluding carboxylic acids is 1. The highest BCUT2D eigenvalue weighted by Crippen LogP contribution is 2.29. The zero-order valence-corrected chi connectivity index (χ0v) is 17.3. The van der Waals surface area contributed by atoms with Crippen LogP contribution in [0.25, 0.3) is 0 Å². The van der Waals surface area contributed by atoms with Gasteiger partial charge in [-0.25, -0.2) is 0 Å². The summed E-state index contributed by atoms with van der Waals surface area (Å²) in [4.78, 5) is 14.5. The predicted molar refractivity (Wildman–Crippen MR) is 106 cm³/mol. The molecule has 6 heteroatoms. The van der Waals surface area contributed by atoms with Gasteiger partial charge in [0.25, 0.3) is 0 Å². The highest BCUT2D eigenvalue weighted by molar-refractivity contribution is 5.78. The Bertz CT molecular complexity index is 783. The van der Waals surface area contributed by atoms with Crippen LogP contribution in [0.5, 0.6) is 11.5 Å². The van der Waals surface area contributed by atoms with Crippen LogP contribution in [0.2, 0.25) is 0 Å². The van der Waals surface area contributed by atoms with Gasteiger partial charge in [0.05, 0.1) is 25.3 Å². The van der Waals surface area contributed by atoms with Gasteiger partial charge in [0.15, 0.2) is 11.5 Å². The van der Waals surface area contributed by atoms with Crippen molar-refractivity contribution in [3.8, 4) is 11.5 Å². The Morgan fingerprint density at radius 3 is 2.37 bits per heavy atom. The highest BCUT2D eigenvalue weighted by atomic mass is 16.5. The molecule has 2 rings (SSSR count).